The van der Waals surface area contributed by atoms with E-state index in [2.05, 4.69) is 4.98 Å². The predicted octanol–water partition coefficient (Wildman–Crippen LogP) is 4.57. The molecule has 2 aromatic carbocycles. The predicted molar refractivity (Wildman–Crippen MR) is 101 cm³/mol. The summed E-state index contributed by atoms with van der Waals surface area (Å²) in [6.07, 6.45) is 0.671. The van der Waals surface area contributed by atoms with Gasteiger partial charge in [-0.1, -0.05) is 29.8 Å². The van der Waals surface area contributed by atoms with E-state index in [1.54, 1.807) is 28.5 Å². The van der Waals surface area contributed by atoms with E-state index in [1.165, 1.54) is 23.5 Å². The Labute approximate surface area is 157 Å². The molecule has 0 fully saturated rings. The van der Waals surface area contributed by atoms with Crippen LogP contribution in [0, 0.1) is 10.1 Å². The van der Waals surface area contributed by atoms with Crippen LogP contribution in [-0.2, 0) is 6.42 Å². The normalized spacial score (nSPS) is 12.9. The summed E-state index contributed by atoms with van der Waals surface area (Å²) >= 11 is 7.37. The van der Waals surface area contributed by atoms with Crippen LogP contribution in [0.3, 0.4) is 0 Å². The fourth-order valence-corrected chi connectivity index (χ4v) is 3.94. The summed E-state index contributed by atoms with van der Waals surface area (Å²) in [6, 6.07) is 11.9. The van der Waals surface area contributed by atoms with Gasteiger partial charge in [0.05, 0.1) is 10.6 Å². The molecule has 0 bridgehead atoms. The van der Waals surface area contributed by atoms with E-state index in [0.29, 0.717) is 34.4 Å². The Morgan fingerprint density at radius 2 is 2.12 bits per heavy atom. The molecule has 26 heavy (non-hydrogen) atoms. The maximum atomic E-state index is 12.9. The second kappa shape index (κ2) is 6.51. The maximum absolute atomic E-state index is 12.9. The van der Waals surface area contributed by atoms with E-state index in [4.69, 9.17) is 11.6 Å². The second-order valence-corrected chi connectivity index (χ2v) is 7.12. The molecular formula is C18H12ClN3O3S. The molecular weight excluding hydrogens is 374 g/mol. The van der Waals surface area contributed by atoms with Gasteiger partial charge in [0.2, 0.25) is 0 Å². The minimum atomic E-state index is -0.457. The number of anilines is 1. The smallest absolute Gasteiger partial charge is 0.277 e. The van der Waals surface area contributed by atoms with Crippen LogP contribution in [-0.4, -0.2) is 22.4 Å². The number of nitro groups is 1. The van der Waals surface area contributed by atoms with Gasteiger partial charge >= 0.3 is 0 Å². The van der Waals surface area contributed by atoms with E-state index in [9.17, 15) is 14.9 Å². The van der Waals surface area contributed by atoms with Gasteiger partial charge in [0, 0.05) is 34.6 Å². The number of fused-ring (bicyclic) bond motifs is 1. The zero-order chi connectivity index (χ0) is 18.3. The van der Waals surface area contributed by atoms with E-state index < -0.39 is 4.92 Å². The summed E-state index contributed by atoms with van der Waals surface area (Å²) in [5.74, 6) is -0.256. The molecule has 8 heteroatoms. The molecule has 0 saturated heterocycles. The van der Waals surface area contributed by atoms with E-state index >= 15 is 0 Å². The summed E-state index contributed by atoms with van der Waals surface area (Å²) in [4.78, 5) is 29.4. The second-order valence-electron chi connectivity index (χ2n) is 5.83. The van der Waals surface area contributed by atoms with Crippen LogP contribution in [0.2, 0.25) is 5.02 Å². The number of benzene rings is 2. The van der Waals surface area contributed by atoms with Crippen LogP contribution in [0.1, 0.15) is 16.1 Å². The number of nitrogens with zero attached hydrogens (tertiary/aromatic N) is 3. The third-order valence-corrected chi connectivity index (χ3v) is 5.34. The zero-order valence-electron chi connectivity index (χ0n) is 13.4. The Morgan fingerprint density at radius 3 is 2.88 bits per heavy atom. The first-order valence-corrected chi connectivity index (χ1v) is 9.09. The Bertz CT molecular complexity index is 1030. The summed E-state index contributed by atoms with van der Waals surface area (Å²) in [5.41, 5.74) is 2.65. The van der Waals surface area contributed by atoms with Gasteiger partial charge in [-0.05, 0) is 24.1 Å². The number of hydrogen-bond acceptors (Lipinski definition) is 5. The molecule has 4 rings (SSSR count). The van der Waals surface area contributed by atoms with Crippen molar-refractivity contribution in [3.8, 4) is 10.6 Å². The third kappa shape index (κ3) is 2.95. The number of halogens is 1. The van der Waals surface area contributed by atoms with Crippen molar-refractivity contribution in [3.63, 3.8) is 0 Å². The highest BCUT2D eigenvalue weighted by Crippen LogP contribution is 2.33. The minimum Gasteiger partial charge on any atom is -0.306 e. The van der Waals surface area contributed by atoms with Crippen molar-refractivity contribution in [2.24, 2.45) is 0 Å². The van der Waals surface area contributed by atoms with Gasteiger partial charge in [0.1, 0.15) is 10.7 Å². The molecule has 0 aliphatic carbocycles. The molecule has 130 valence electrons. The van der Waals surface area contributed by atoms with Crippen LogP contribution in [0.5, 0.6) is 0 Å². The quantitative estimate of drug-likeness (QED) is 0.488. The van der Waals surface area contributed by atoms with Gasteiger partial charge in [0.25, 0.3) is 11.6 Å². The highest BCUT2D eigenvalue weighted by molar-refractivity contribution is 7.13. The minimum absolute atomic E-state index is 0.0265. The summed E-state index contributed by atoms with van der Waals surface area (Å²) < 4.78 is 0. The first-order valence-electron chi connectivity index (χ1n) is 7.83. The van der Waals surface area contributed by atoms with Gasteiger partial charge in [-0.3, -0.25) is 14.9 Å². The van der Waals surface area contributed by atoms with E-state index in [-0.39, 0.29) is 11.6 Å². The Hall–Kier alpha value is -2.77. The molecule has 0 spiro atoms. The first kappa shape index (κ1) is 16.7. The molecule has 6 nitrogen and oxygen atoms in total. The van der Waals surface area contributed by atoms with Gasteiger partial charge in [-0.25, -0.2) is 4.98 Å². The number of carbonyl (C=O) groups is 1. The summed E-state index contributed by atoms with van der Waals surface area (Å²) in [5, 5.41) is 14.0. The third-order valence-electron chi connectivity index (χ3n) is 4.22. The molecule has 3 aromatic rings. The van der Waals surface area contributed by atoms with Crippen LogP contribution in [0.4, 0.5) is 11.4 Å². The van der Waals surface area contributed by atoms with Crippen LogP contribution >= 0.6 is 22.9 Å². The van der Waals surface area contributed by atoms with Crippen LogP contribution in [0.25, 0.3) is 10.6 Å². The van der Waals surface area contributed by atoms with Crippen LogP contribution in [0.15, 0.2) is 47.8 Å². The molecule has 0 saturated carbocycles. The number of aromatic nitrogens is 1. The summed E-state index contributed by atoms with van der Waals surface area (Å²) in [6.45, 7) is 0.485. The van der Waals surface area contributed by atoms with Crippen LogP contribution < -0.4 is 4.90 Å². The Morgan fingerprint density at radius 1 is 1.27 bits per heavy atom. The lowest BCUT2D eigenvalue weighted by Crippen LogP contribution is -2.29. The molecule has 1 aliphatic heterocycles. The number of thiazole rings is 1. The Balaban J connectivity index is 1.64. The lowest BCUT2D eigenvalue weighted by molar-refractivity contribution is -0.384. The SMILES string of the molecule is O=C(c1csc(-c2cccc(Cl)c2)n1)N1CCc2ccc([N+](=O)[O-])cc21. The van der Waals surface area contributed by atoms with Gasteiger partial charge in [-0.15, -0.1) is 11.3 Å². The number of amides is 1. The standard InChI is InChI=1S/C18H12ClN3O3S/c19-13-3-1-2-12(8-13)17-20-15(10-26-17)18(23)21-7-6-11-4-5-14(22(24)25)9-16(11)21/h1-5,8-10H,6-7H2. The average Bonchev–Trinajstić information content (AvgIpc) is 3.28. The summed E-state index contributed by atoms with van der Waals surface area (Å²) in [7, 11) is 0. The highest BCUT2D eigenvalue weighted by Gasteiger charge is 2.28. The molecule has 1 aliphatic rings. The maximum Gasteiger partial charge on any atom is 0.277 e. The fourth-order valence-electron chi connectivity index (χ4n) is 2.96. The van der Waals surface area contributed by atoms with Gasteiger partial charge < -0.3 is 4.90 Å². The molecule has 0 N–H and O–H groups in total. The zero-order valence-corrected chi connectivity index (χ0v) is 15.0. The highest BCUT2D eigenvalue weighted by atomic mass is 35.5. The fraction of sp³-hybridized carbons (Fsp3) is 0.111. The van der Waals surface area contributed by atoms with E-state index in [0.717, 1.165) is 11.1 Å². The van der Waals surface area contributed by atoms with Crippen molar-refractivity contribution in [2.45, 2.75) is 6.42 Å². The monoisotopic (exact) mass is 385 g/mol. The molecule has 0 unspecified atom stereocenters. The number of hydrogen-bond donors (Lipinski definition) is 0. The average molecular weight is 386 g/mol. The van der Waals surface area contributed by atoms with Gasteiger partial charge in [0.15, 0.2) is 0 Å². The van der Waals surface area contributed by atoms with Crippen molar-refractivity contribution in [3.05, 3.63) is 74.2 Å². The topological polar surface area (TPSA) is 76.3 Å². The van der Waals surface area contributed by atoms with Crippen molar-refractivity contribution >= 4 is 40.2 Å². The molecule has 1 aromatic heterocycles. The lowest BCUT2D eigenvalue weighted by atomic mass is 10.1. The first-order chi connectivity index (χ1) is 12.5. The van der Waals surface area contributed by atoms with Crippen molar-refractivity contribution < 1.29 is 9.72 Å². The lowest BCUT2D eigenvalue weighted by Gasteiger charge is -2.15. The van der Waals surface area contributed by atoms with Crippen molar-refractivity contribution in [1.29, 1.82) is 0 Å². The molecule has 0 atom stereocenters. The number of rotatable bonds is 3. The molecule has 1 amide bonds. The Kier molecular flexibility index (Phi) is 4.18. The molecule has 0 radical (unpaired) electrons. The van der Waals surface area contributed by atoms with Crippen molar-refractivity contribution in [1.82, 2.24) is 4.98 Å². The number of nitro benzene ring substituents is 1. The number of carbonyl (C=O) groups excluding carboxylic acids is 1. The molecule has 2 heterocycles. The van der Waals surface area contributed by atoms with E-state index in [1.807, 2.05) is 12.1 Å². The van der Waals surface area contributed by atoms with Crippen molar-refractivity contribution in [2.75, 3.05) is 11.4 Å². The van der Waals surface area contributed by atoms with Gasteiger partial charge in [-0.2, -0.15) is 0 Å². The largest absolute Gasteiger partial charge is 0.306 e. The number of non-ortho nitro benzene ring substituents is 1.